The zero-order chi connectivity index (χ0) is 26.6. The number of hydrogen-bond donors (Lipinski definition) is 0. The third-order valence-corrected chi connectivity index (χ3v) is 7.72. The SMILES string of the molecule is N#Cc1cnccc1-c1cccc(-c2cccc(-n3c4ccccc4c4cc5c(cc43)oc3ccccc35)c2)c1. The minimum atomic E-state index is 0.565. The van der Waals surface area contributed by atoms with E-state index in [-0.39, 0.29) is 0 Å². The van der Waals surface area contributed by atoms with Crippen LogP contribution >= 0.6 is 0 Å². The molecule has 186 valence electrons. The average molecular weight is 512 g/mol. The highest BCUT2D eigenvalue weighted by Crippen LogP contribution is 2.39. The van der Waals surface area contributed by atoms with Gasteiger partial charge in [-0.2, -0.15) is 5.26 Å². The maximum absolute atomic E-state index is 9.59. The van der Waals surface area contributed by atoms with Gasteiger partial charge in [-0.15, -0.1) is 0 Å². The van der Waals surface area contributed by atoms with Crippen molar-refractivity contribution in [3.63, 3.8) is 0 Å². The Morgan fingerprint density at radius 3 is 2.27 bits per heavy atom. The van der Waals surface area contributed by atoms with Crippen molar-refractivity contribution in [3.8, 4) is 34.0 Å². The summed E-state index contributed by atoms with van der Waals surface area (Å²) in [6.07, 6.45) is 3.34. The van der Waals surface area contributed by atoms with Crippen LogP contribution in [0, 0.1) is 11.3 Å². The summed E-state index contributed by atoms with van der Waals surface area (Å²) in [4.78, 5) is 4.11. The molecule has 8 rings (SSSR count). The van der Waals surface area contributed by atoms with Crippen LogP contribution < -0.4 is 0 Å². The molecular weight excluding hydrogens is 490 g/mol. The Morgan fingerprint density at radius 1 is 0.600 bits per heavy atom. The van der Waals surface area contributed by atoms with E-state index in [4.69, 9.17) is 4.42 Å². The molecule has 5 aromatic carbocycles. The first kappa shape index (κ1) is 22.3. The van der Waals surface area contributed by atoms with E-state index in [1.165, 1.54) is 10.8 Å². The molecule has 40 heavy (non-hydrogen) atoms. The Bertz CT molecular complexity index is 2300. The number of pyridine rings is 1. The predicted molar refractivity (Wildman–Crippen MR) is 161 cm³/mol. The molecule has 0 N–H and O–H groups in total. The fourth-order valence-electron chi connectivity index (χ4n) is 5.89. The minimum Gasteiger partial charge on any atom is -0.456 e. The van der Waals surface area contributed by atoms with Crippen LogP contribution in [0.5, 0.6) is 0 Å². The molecule has 0 aliphatic heterocycles. The Balaban J connectivity index is 1.33. The summed E-state index contributed by atoms with van der Waals surface area (Å²) in [5, 5.41) is 14.3. The van der Waals surface area contributed by atoms with Gasteiger partial charge in [0, 0.05) is 51.3 Å². The second-order valence-electron chi connectivity index (χ2n) is 9.98. The lowest BCUT2D eigenvalue weighted by Gasteiger charge is -2.11. The van der Waals surface area contributed by atoms with Gasteiger partial charge in [0.1, 0.15) is 17.2 Å². The van der Waals surface area contributed by atoms with E-state index in [2.05, 4.69) is 101 Å². The van der Waals surface area contributed by atoms with Crippen LogP contribution in [0.4, 0.5) is 0 Å². The molecule has 0 atom stereocenters. The normalized spacial score (nSPS) is 11.5. The number of furan rings is 1. The predicted octanol–water partition coefficient (Wildman–Crippen LogP) is 9.28. The van der Waals surface area contributed by atoms with Crippen molar-refractivity contribution in [3.05, 3.63) is 133 Å². The number of rotatable bonds is 3. The molecular formula is C36H21N3O. The summed E-state index contributed by atoms with van der Waals surface area (Å²) < 4.78 is 8.59. The second kappa shape index (κ2) is 8.69. The third-order valence-electron chi connectivity index (χ3n) is 7.72. The van der Waals surface area contributed by atoms with Gasteiger partial charge >= 0.3 is 0 Å². The highest BCUT2D eigenvalue weighted by atomic mass is 16.3. The number of aromatic nitrogens is 2. The van der Waals surface area contributed by atoms with E-state index in [9.17, 15) is 5.26 Å². The van der Waals surface area contributed by atoms with Crippen LogP contribution in [0.25, 0.3) is 71.7 Å². The molecule has 0 fully saturated rings. The molecule has 3 aromatic heterocycles. The Kier molecular flexibility index (Phi) is 4.85. The van der Waals surface area contributed by atoms with Gasteiger partial charge in [-0.1, -0.05) is 66.7 Å². The van der Waals surface area contributed by atoms with Crippen molar-refractivity contribution >= 4 is 43.7 Å². The molecule has 0 saturated heterocycles. The number of para-hydroxylation sites is 2. The van der Waals surface area contributed by atoms with Crippen molar-refractivity contribution in [1.82, 2.24) is 9.55 Å². The molecule has 0 radical (unpaired) electrons. The smallest absolute Gasteiger partial charge is 0.137 e. The second-order valence-corrected chi connectivity index (χ2v) is 9.98. The summed E-state index contributed by atoms with van der Waals surface area (Å²) in [6, 6.07) is 42.3. The number of benzene rings is 5. The van der Waals surface area contributed by atoms with E-state index < -0.39 is 0 Å². The van der Waals surface area contributed by atoms with Crippen molar-refractivity contribution in [2.75, 3.05) is 0 Å². The van der Waals surface area contributed by atoms with Crippen molar-refractivity contribution in [1.29, 1.82) is 5.26 Å². The largest absolute Gasteiger partial charge is 0.456 e. The molecule has 0 bridgehead atoms. The number of hydrogen-bond acceptors (Lipinski definition) is 3. The molecule has 8 aromatic rings. The lowest BCUT2D eigenvalue weighted by atomic mass is 9.97. The average Bonchev–Trinajstić information content (AvgIpc) is 3.55. The highest BCUT2D eigenvalue weighted by molar-refractivity contribution is 6.17. The van der Waals surface area contributed by atoms with E-state index in [1.807, 2.05) is 30.3 Å². The van der Waals surface area contributed by atoms with Crippen LogP contribution in [-0.2, 0) is 0 Å². The molecule has 0 aliphatic rings. The van der Waals surface area contributed by atoms with Gasteiger partial charge in [-0.3, -0.25) is 4.98 Å². The van der Waals surface area contributed by atoms with Crippen LogP contribution in [-0.4, -0.2) is 9.55 Å². The molecule has 0 unspecified atom stereocenters. The minimum absolute atomic E-state index is 0.565. The fourth-order valence-corrected chi connectivity index (χ4v) is 5.89. The quantitative estimate of drug-likeness (QED) is 0.237. The van der Waals surface area contributed by atoms with Crippen molar-refractivity contribution in [2.45, 2.75) is 0 Å². The molecule has 0 aliphatic carbocycles. The molecule has 4 nitrogen and oxygen atoms in total. The van der Waals surface area contributed by atoms with Gasteiger partial charge < -0.3 is 8.98 Å². The van der Waals surface area contributed by atoms with E-state index >= 15 is 0 Å². The number of fused-ring (bicyclic) bond motifs is 6. The lowest BCUT2D eigenvalue weighted by Crippen LogP contribution is -1.94. The highest BCUT2D eigenvalue weighted by Gasteiger charge is 2.16. The Labute approximate surface area is 230 Å². The van der Waals surface area contributed by atoms with E-state index in [0.717, 1.165) is 60.9 Å². The van der Waals surface area contributed by atoms with Crippen LogP contribution in [0.2, 0.25) is 0 Å². The number of nitriles is 1. The van der Waals surface area contributed by atoms with E-state index in [0.29, 0.717) is 5.56 Å². The van der Waals surface area contributed by atoms with Crippen molar-refractivity contribution < 1.29 is 4.42 Å². The monoisotopic (exact) mass is 511 g/mol. The zero-order valence-corrected chi connectivity index (χ0v) is 21.4. The van der Waals surface area contributed by atoms with E-state index in [1.54, 1.807) is 12.4 Å². The summed E-state index contributed by atoms with van der Waals surface area (Å²) in [6.45, 7) is 0. The summed E-state index contributed by atoms with van der Waals surface area (Å²) >= 11 is 0. The van der Waals surface area contributed by atoms with Crippen molar-refractivity contribution in [2.24, 2.45) is 0 Å². The first-order valence-corrected chi connectivity index (χ1v) is 13.2. The Hall–Kier alpha value is -5.66. The van der Waals surface area contributed by atoms with Gasteiger partial charge in [0.15, 0.2) is 0 Å². The van der Waals surface area contributed by atoms with Gasteiger partial charge in [0.05, 0.1) is 16.6 Å². The third kappa shape index (κ3) is 3.35. The number of nitrogens with zero attached hydrogens (tertiary/aromatic N) is 3. The maximum atomic E-state index is 9.59. The summed E-state index contributed by atoms with van der Waals surface area (Å²) in [5.41, 5.74) is 9.73. The zero-order valence-electron chi connectivity index (χ0n) is 21.4. The molecule has 0 amide bonds. The van der Waals surface area contributed by atoms with Gasteiger partial charge in [-0.25, -0.2) is 0 Å². The summed E-state index contributed by atoms with van der Waals surface area (Å²) in [7, 11) is 0. The van der Waals surface area contributed by atoms with Gasteiger partial charge in [-0.05, 0) is 59.2 Å². The molecule has 4 heteroatoms. The van der Waals surface area contributed by atoms with Gasteiger partial charge in [0.25, 0.3) is 0 Å². The van der Waals surface area contributed by atoms with Crippen LogP contribution in [0.15, 0.2) is 132 Å². The lowest BCUT2D eigenvalue weighted by molar-refractivity contribution is 0.669. The summed E-state index contributed by atoms with van der Waals surface area (Å²) in [5.74, 6) is 0. The van der Waals surface area contributed by atoms with Crippen LogP contribution in [0.3, 0.4) is 0 Å². The molecule has 3 heterocycles. The first-order chi connectivity index (χ1) is 19.8. The molecule has 0 saturated carbocycles. The van der Waals surface area contributed by atoms with Crippen LogP contribution in [0.1, 0.15) is 5.56 Å². The first-order valence-electron chi connectivity index (χ1n) is 13.2. The standard InChI is InChI=1S/C36H21N3O/c37-21-26-22-38-16-15-28(26)25-9-5-7-23(17-25)24-8-6-10-27(18-24)39-33-13-3-1-11-29(33)31-19-32-30-12-2-4-14-35(30)40-36(32)20-34(31)39/h1-20,22H. The Morgan fingerprint density at radius 2 is 1.38 bits per heavy atom. The van der Waals surface area contributed by atoms with Gasteiger partial charge in [0.2, 0.25) is 0 Å². The topological polar surface area (TPSA) is 54.8 Å². The molecule has 0 spiro atoms. The fraction of sp³-hybridized carbons (Fsp3) is 0. The maximum Gasteiger partial charge on any atom is 0.137 e.